The number of rotatable bonds is 8. The molecule has 146 valence electrons. The van der Waals surface area contributed by atoms with E-state index in [4.69, 9.17) is 11.6 Å². The Balaban J connectivity index is 2.11. The zero-order valence-corrected chi connectivity index (χ0v) is 17.3. The molecule has 1 amide bonds. The van der Waals surface area contributed by atoms with Crippen molar-refractivity contribution in [3.8, 4) is 0 Å². The van der Waals surface area contributed by atoms with Gasteiger partial charge in [-0.25, -0.2) is 8.42 Å². The molecule has 2 rings (SSSR count). The number of carbonyl (C=O) groups is 1. The van der Waals surface area contributed by atoms with Crippen molar-refractivity contribution in [1.29, 1.82) is 0 Å². The van der Waals surface area contributed by atoms with Crippen LogP contribution in [0.15, 0.2) is 53.4 Å². The number of hydrogen-bond acceptors (Lipinski definition) is 3. The van der Waals surface area contributed by atoms with Crippen LogP contribution < -0.4 is 10.0 Å². The molecule has 0 radical (unpaired) electrons. The molecule has 1 atom stereocenters. The summed E-state index contributed by atoms with van der Waals surface area (Å²) in [4.78, 5) is 12.8. The van der Waals surface area contributed by atoms with Crippen LogP contribution in [-0.4, -0.2) is 20.4 Å². The molecule has 7 heteroatoms. The van der Waals surface area contributed by atoms with Gasteiger partial charge in [0.05, 0.1) is 4.90 Å². The Hall–Kier alpha value is -1.89. The van der Waals surface area contributed by atoms with Crippen LogP contribution in [0.5, 0.6) is 0 Å². The standard InChI is InChI=1S/C20H25ClN2O3S/c1-14(2)11-19(20(24)22-13-16-5-4-6-17(21)12-16)23-27(25,26)18-9-7-15(3)8-10-18/h4-10,12,14,19,23H,11,13H2,1-3H3,(H,22,24). The van der Waals surface area contributed by atoms with Gasteiger partial charge in [0, 0.05) is 11.6 Å². The lowest BCUT2D eigenvalue weighted by atomic mass is 10.0. The van der Waals surface area contributed by atoms with Gasteiger partial charge in [0.15, 0.2) is 0 Å². The zero-order valence-electron chi connectivity index (χ0n) is 15.7. The molecule has 2 aromatic carbocycles. The highest BCUT2D eigenvalue weighted by molar-refractivity contribution is 7.89. The lowest BCUT2D eigenvalue weighted by molar-refractivity contribution is -0.123. The van der Waals surface area contributed by atoms with Crippen LogP contribution in [0, 0.1) is 12.8 Å². The lowest BCUT2D eigenvalue weighted by Crippen LogP contribution is -2.47. The quantitative estimate of drug-likeness (QED) is 0.699. The molecule has 0 fully saturated rings. The van der Waals surface area contributed by atoms with Gasteiger partial charge in [0.1, 0.15) is 6.04 Å². The Kier molecular flexibility index (Phi) is 7.41. The normalized spacial score (nSPS) is 12.8. The minimum absolute atomic E-state index is 0.143. The van der Waals surface area contributed by atoms with E-state index in [-0.39, 0.29) is 23.3 Å². The first kappa shape index (κ1) is 21.4. The Bertz CT molecular complexity index is 880. The third-order valence-electron chi connectivity index (χ3n) is 4.01. The fourth-order valence-corrected chi connectivity index (χ4v) is 4.03. The third-order valence-corrected chi connectivity index (χ3v) is 5.73. The molecule has 27 heavy (non-hydrogen) atoms. The summed E-state index contributed by atoms with van der Waals surface area (Å²) in [6, 6.07) is 12.8. The number of amides is 1. The van der Waals surface area contributed by atoms with E-state index in [0.717, 1.165) is 11.1 Å². The molecule has 1 unspecified atom stereocenters. The summed E-state index contributed by atoms with van der Waals surface area (Å²) in [5.74, 6) is -0.216. The lowest BCUT2D eigenvalue weighted by Gasteiger charge is -2.20. The fraction of sp³-hybridized carbons (Fsp3) is 0.350. The van der Waals surface area contributed by atoms with Gasteiger partial charge in [-0.3, -0.25) is 4.79 Å². The van der Waals surface area contributed by atoms with Crippen molar-refractivity contribution in [2.45, 2.75) is 44.7 Å². The molecule has 0 bridgehead atoms. The van der Waals surface area contributed by atoms with Crippen molar-refractivity contribution >= 4 is 27.5 Å². The van der Waals surface area contributed by atoms with Crippen LogP contribution in [0.25, 0.3) is 0 Å². The predicted octanol–water partition coefficient (Wildman–Crippen LogP) is 3.66. The molecule has 2 N–H and O–H groups in total. The van der Waals surface area contributed by atoms with Crippen LogP contribution in [-0.2, 0) is 21.4 Å². The number of halogens is 1. The van der Waals surface area contributed by atoms with Crippen molar-refractivity contribution < 1.29 is 13.2 Å². The average molecular weight is 409 g/mol. The molecule has 5 nitrogen and oxygen atoms in total. The Morgan fingerprint density at radius 2 is 1.78 bits per heavy atom. The van der Waals surface area contributed by atoms with Gasteiger partial charge in [-0.05, 0) is 49.1 Å². The molecule has 0 spiro atoms. The van der Waals surface area contributed by atoms with Crippen molar-refractivity contribution in [3.05, 3.63) is 64.7 Å². The van der Waals surface area contributed by atoms with Gasteiger partial charge in [0.2, 0.25) is 15.9 Å². The first-order chi connectivity index (χ1) is 12.7. The zero-order chi connectivity index (χ0) is 20.0. The molecule has 0 aliphatic heterocycles. The predicted molar refractivity (Wildman–Crippen MR) is 108 cm³/mol. The maximum absolute atomic E-state index is 12.7. The summed E-state index contributed by atoms with van der Waals surface area (Å²) in [6.07, 6.45) is 0.395. The first-order valence-electron chi connectivity index (χ1n) is 8.78. The highest BCUT2D eigenvalue weighted by Gasteiger charge is 2.26. The largest absolute Gasteiger partial charge is 0.351 e. The molecular weight excluding hydrogens is 384 g/mol. The monoisotopic (exact) mass is 408 g/mol. The number of nitrogens with one attached hydrogen (secondary N) is 2. The summed E-state index contributed by atoms with van der Waals surface area (Å²) in [5, 5.41) is 3.37. The van der Waals surface area contributed by atoms with Crippen LogP contribution in [0.4, 0.5) is 0 Å². The number of aryl methyl sites for hydroxylation is 1. The van der Waals surface area contributed by atoms with E-state index in [1.165, 1.54) is 12.1 Å². The number of sulfonamides is 1. The second-order valence-electron chi connectivity index (χ2n) is 6.96. The molecule has 0 heterocycles. The molecular formula is C20H25ClN2O3S. The molecule has 0 aliphatic carbocycles. The maximum Gasteiger partial charge on any atom is 0.241 e. The van der Waals surface area contributed by atoms with Crippen LogP contribution >= 0.6 is 11.6 Å². The van der Waals surface area contributed by atoms with Gasteiger partial charge in [-0.2, -0.15) is 4.72 Å². The van der Waals surface area contributed by atoms with Crippen LogP contribution in [0.1, 0.15) is 31.4 Å². The minimum Gasteiger partial charge on any atom is -0.351 e. The molecule has 0 saturated heterocycles. The summed E-state index contributed by atoms with van der Waals surface area (Å²) in [7, 11) is -3.79. The van der Waals surface area contributed by atoms with Gasteiger partial charge >= 0.3 is 0 Å². The van der Waals surface area contributed by atoms with E-state index < -0.39 is 16.1 Å². The van der Waals surface area contributed by atoms with Crippen molar-refractivity contribution in [2.24, 2.45) is 5.92 Å². The summed E-state index contributed by atoms with van der Waals surface area (Å²) in [6.45, 7) is 6.05. The van der Waals surface area contributed by atoms with Crippen molar-refractivity contribution in [2.75, 3.05) is 0 Å². The van der Waals surface area contributed by atoms with Crippen LogP contribution in [0.3, 0.4) is 0 Å². The summed E-state index contributed by atoms with van der Waals surface area (Å²) in [5.41, 5.74) is 1.81. The Labute approximate surface area is 166 Å². The molecule has 0 saturated carbocycles. The van der Waals surface area contributed by atoms with E-state index >= 15 is 0 Å². The number of carbonyl (C=O) groups excluding carboxylic acids is 1. The molecule has 0 aromatic heterocycles. The topological polar surface area (TPSA) is 75.3 Å². The van der Waals surface area contributed by atoms with Crippen molar-refractivity contribution in [3.63, 3.8) is 0 Å². The highest BCUT2D eigenvalue weighted by atomic mass is 35.5. The SMILES string of the molecule is Cc1ccc(S(=O)(=O)NC(CC(C)C)C(=O)NCc2cccc(Cl)c2)cc1. The molecule has 2 aromatic rings. The van der Waals surface area contributed by atoms with Gasteiger partial charge in [0.25, 0.3) is 0 Å². The fourth-order valence-electron chi connectivity index (χ4n) is 2.61. The van der Waals surface area contributed by atoms with E-state index in [2.05, 4.69) is 10.0 Å². The first-order valence-corrected chi connectivity index (χ1v) is 10.6. The van der Waals surface area contributed by atoms with E-state index in [1.54, 1.807) is 30.3 Å². The summed E-state index contributed by atoms with van der Waals surface area (Å²) < 4.78 is 27.8. The average Bonchev–Trinajstić information content (AvgIpc) is 2.59. The van der Waals surface area contributed by atoms with E-state index in [0.29, 0.717) is 11.4 Å². The van der Waals surface area contributed by atoms with E-state index in [9.17, 15) is 13.2 Å². The Morgan fingerprint density at radius 3 is 2.37 bits per heavy atom. The number of hydrogen-bond donors (Lipinski definition) is 2. The van der Waals surface area contributed by atoms with Gasteiger partial charge < -0.3 is 5.32 Å². The summed E-state index contributed by atoms with van der Waals surface area (Å²) >= 11 is 5.95. The van der Waals surface area contributed by atoms with Crippen LogP contribution in [0.2, 0.25) is 5.02 Å². The van der Waals surface area contributed by atoms with Gasteiger partial charge in [-0.15, -0.1) is 0 Å². The van der Waals surface area contributed by atoms with Crippen molar-refractivity contribution in [1.82, 2.24) is 10.0 Å². The van der Waals surface area contributed by atoms with E-state index in [1.807, 2.05) is 26.8 Å². The van der Waals surface area contributed by atoms with Gasteiger partial charge in [-0.1, -0.05) is 55.3 Å². The molecule has 0 aliphatic rings. The minimum atomic E-state index is -3.79. The number of benzene rings is 2. The second kappa shape index (κ2) is 9.35. The smallest absolute Gasteiger partial charge is 0.241 e. The highest BCUT2D eigenvalue weighted by Crippen LogP contribution is 2.14. The Morgan fingerprint density at radius 1 is 1.11 bits per heavy atom. The second-order valence-corrected chi connectivity index (χ2v) is 9.11. The maximum atomic E-state index is 12.7. The third kappa shape index (κ3) is 6.65.